The highest BCUT2D eigenvalue weighted by Gasteiger charge is 2.51. The molecule has 2 fully saturated rings. The van der Waals surface area contributed by atoms with E-state index in [-0.39, 0.29) is 18.9 Å². The molecule has 570 valence electrons. The molecule has 0 aromatic heterocycles. The van der Waals surface area contributed by atoms with Gasteiger partial charge in [-0.25, -0.2) is 0 Å². The molecule has 0 spiro atoms. The molecule has 1 amide bonds. The van der Waals surface area contributed by atoms with Crippen LogP contribution in [-0.2, 0) is 23.7 Å². The third-order valence-electron chi connectivity index (χ3n) is 18.9. The van der Waals surface area contributed by atoms with E-state index < -0.39 is 86.8 Å². The second-order valence-electron chi connectivity index (χ2n) is 27.8. The lowest BCUT2D eigenvalue weighted by atomic mass is 9.97. The van der Waals surface area contributed by atoms with Crippen molar-refractivity contribution in [3.8, 4) is 0 Å². The minimum Gasteiger partial charge on any atom is -0.394 e. The zero-order valence-electron chi connectivity index (χ0n) is 62.4. The molecule has 0 aliphatic carbocycles. The molecule has 99 heavy (non-hydrogen) atoms. The Morgan fingerprint density at radius 2 is 0.707 bits per heavy atom. The molecule has 0 saturated carbocycles. The molecule has 2 saturated heterocycles. The maximum Gasteiger partial charge on any atom is 0.220 e. The predicted octanol–water partition coefficient (Wildman–Crippen LogP) is 18.4. The minimum absolute atomic E-state index is 0.249. The fraction of sp³-hybridized carbons (Fsp3) is 0.753. The van der Waals surface area contributed by atoms with Crippen molar-refractivity contribution in [1.29, 1.82) is 0 Å². The van der Waals surface area contributed by atoms with Crippen molar-refractivity contribution in [3.05, 3.63) is 122 Å². The molecule has 2 aliphatic rings. The van der Waals surface area contributed by atoms with Gasteiger partial charge in [0.05, 0.1) is 32.0 Å². The first-order valence-corrected chi connectivity index (χ1v) is 40.3. The number of unbranched alkanes of at least 4 members (excludes halogenated alkanes) is 35. The highest BCUT2D eigenvalue weighted by atomic mass is 16.7. The van der Waals surface area contributed by atoms with E-state index in [1.165, 1.54) is 199 Å². The molecular weight excluding hydrogens is 1240 g/mol. The number of carbonyl (C=O) groups excluding carboxylic acids is 1. The quantitative estimate of drug-likeness (QED) is 0.0204. The van der Waals surface area contributed by atoms with Gasteiger partial charge in [-0.15, -0.1) is 0 Å². The molecule has 12 atom stereocenters. The van der Waals surface area contributed by atoms with Crippen LogP contribution in [0.15, 0.2) is 122 Å². The van der Waals surface area contributed by atoms with E-state index >= 15 is 0 Å². The first-order chi connectivity index (χ1) is 48.6. The molecule has 0 aromatic carbocycles. The summed E-state index contributed by atoms with van der Waals surface area (Å²) in [5.74, 6) is -0.249. The van der Waals surface area contributed by atoms with Crippen molar-refractivity contribution >= 4 is 5.91 Å². The highest BCUT2D eigenvalue weighted by Crippen LogP contribution is 2.30. The number of amides is 1. The van der Waals surface area contributed by atoms with Crippen LogP contribution >= 0.6 is 0 Å². The third-order valence-corrected chi connectivity index (χ3v) is 18.9. The van der Waals surface area contributed by atoms with Crippen LogP contribution in [0.3, 0.4) is 0 Å². The highest BCUT2D eigenvalue weighted by molar-refractivity contribution is 5.76. The number of rotatable bonds is 66. The zero-order chi connectivity index (χ0) is 71.5. The molecule has 0 aromatic rings. The minimum atomic E-state index is -1.80. The van der Waals surface area contributed by atoms with Gasteiger partial charge in [0.2, 0.25) is 5.91 Å². The summed E-state index contributed by atoms with van der Waals surface area (Å²) in [5, 5.41) is 87.6. The largest absolute Gasteiger partial charge is 0.394 e. The maximum atomic E-state index is 13.4. The summed E-state index contributed by atoms with van der Waals surface area (Å²) in [5.41, 5.74) is 0. The average Bonchev–Trinajstić information content (AvgIpc) is 0.799. The Morgan fingerprint density at radius 3 is 1.11 bits per heavy atom. The number of aliphatic hydroxyl groups is 8. The van der Waals surface area contributed by atoms with E-state index in [4.69, 9.17) is 18.9 Å². The average molecular weight is 1390 g/mol. The van der Waals surface area contributed by atoms with Crippen LogP contribution in [0.25, 0.3) is 0 Å². The Hall–Kier alpha value is -3.61. The van der Waals surface area contributed by atoms with Crippen molar-refractivity contribution < 1.29 is 64.6 Å². The number of hydrogen-bond donors (Lipinski definition) is 9. The molecule has 0 radical (unpaired) electrons. The monoisotopic (exact) mass is 1390 g/mol. The molecular formula is C85H147NO13. The Labute approximate surface area is 603 Å². The maximum absolute atomic E-state index is 13.4. The fourth-order valence-corrected chi connectivity index (χ4v) is 12.6. The lowest BCUT2D eigenvalue weighted by Crippen LogP contribution is -2.65. The SMILES string of the molecule is CC/C=C\C/C=C\C/C=C\C/C=C\C/C=C\C/C=C\C/C=C\C/C=C\CCCCCCCCCCCCCCCCCCC(=O)NC(COC1OC(CO)C(OC2OC(CO)C(O)C(O)C2O)C(O)C1O)C(O)/C=C/CC/C=C/CCCCCCCCCCCCCCCCCCCC. The number of aliphatic hydroxyl groups excluding tert-OH is 8. The van der Waals surface area contributed by atoms with Crippen molar-refractivity contribution in [2.45, 2.75) is 389 Å². The Kier molecular flexibility index (Phi) is 62.4. The predicted molar refractivity (Wildman–Crippen MR) is 410 cm³/mol. The van der Waals surface area contributed by atoms with Gasteiger partial charge in [0.1, 0.15) is 48.8 Å². The summed E-state index contributed by atoms with van der Waals surface area (Å²) in [6.07, 6.45) is 82.8. The van der Waals surface area contributed by atoms with E-state index in [0.29, 0.717) is 12.8 Å². The number of ether oxygens (including phenoxy) is 4. The second kappa shape index (κ2) is 67.6. The Bertz CT molecular complexity index is 2130. The van der Waals surface area contributed by atoms with Gasteiger partial charge in [-0.2, -0.15) is 0 Å². The lowest BCUT2D eigenvalue weighted by Gasteiger charge is -2.46. The van der Waals surface area contributed by atoms with Gasteiger partial charge in [-0.05, 0) is 96.3 Å². The van der Waals surface area contributed by atoms with Crippen molar-refractivity contribution in [2.75, 3.05) is 19.8 Å². The van der Waals surface area contributed by atoms with Crippen LogP contribution in [0.1, 0.15) is 316 Å². The van der Waals surface area contributed by atoms with Gasteiger partial charge in [-0.1, -0.05) is 334 Å². The third kappa shape index (κ3) is 50.4. The standard InChI is InChI=1S/C85H147NO13/c1-3-5-7-9-11-13-15-17-19-21-23-25-27-29-30-31-32-33-34-35-36-37-38-39-40-41-42-43-44-45-47-49-51-53-55-57-59-61-63-65-67-69-77(90)86-73(72-96-84-82(95)80(93)83(76(71-88)98-84)99-85-81(94)79(92)78(91)75(70-87)97-85)74(89)68-66-64-62-60-58-56-54-52-50-48-46-28-26-24-22-20-18-16-14-12-10-8-6-4-2/h5,7,11,13,17,19,23,25,29-30,32-33,35-36,38-39,58,60,66,68,73-76,78-85,87-89,91-95H,3-4,6,8-10,12,14-16,18,20-22,24,26-28,31,34,37,40-57,59,61-65,67,69-72H2,1-2H3,(H,86,90)/b7-5-,13-11-,19-17-,25-23-,30-29-,33-32-,36-35-,39-38-,60-58+,68-66+. The molecule has 12 unspecified atom stereocenters. The molecule has 14 nitrogen and oxygen atoms in total. The van der Waals surface area contributed by atoms with Gasteiger partial charge < -0.3 is 65.1 Å². The van der Waals surface area contributed by atoms with Crippen LogP contribution < -0.4 is 5.32 Å². The molecule has 2 heterocycles. The Morgan fingerprint density at radius 1 is 0.374 bits per heavy atom. The van der Waals surface area contributed by atoms with Crippen LogP contribution in [0.5, 0.6) is 0 Å². The van der Waals surface area contributed by atoms with Gasteiger partial charge in [0.15, 0.2) is 12.6 Å². The first-order valence-electron chi connectivity index (χ1n) is 40.3. The summed E-state index contributed by atoms with van der Waals surface area (Å²) in [6, 6.07) is -0.939. The second-order valence-corrected chi connectivity index (χ2v) is 27.8. The molecule has 2 aliphatic heterocycles. The molecule has 14 heteroatoms. The number of carbonyl (C=O) groups is 1. The summed E-state index contributed by atoms with van der Waals surface area (Å²) >= 11 is 0. The Balaban J connectivity index is 1.61. The van der Waals surface area contributed by atoms with Gasteiger partial charge in [0.25, 0.3) is 0 Å². The molecule has 9 N–H and O–H groups in total. The van der Waals surface area contributed by atoms with Crippen molar-refractivity contribution in [3.63, 3.8) is 0 Å². The normalized spacial score (nSPS) is 22.6. The lowest BCUT2D eigenvalue weighted by molar-refractivity contribution is -0.359. The van der Waals surface area contributed by atoms with Crippen LogP contribution in [0, 0.1) is 0 Å². The van der Waals surface area contributed by atoms with Crippen LogP contribution in [0.4, 0.5) is 0 Å². The van der Waals surface area contributed by atoms with E-state index in [9.17, 15) is 45.6 Å². The van der Waals surface area contributed by atoms with E-state index in [2.05, 4.69) is 129 Å². The zero-order valence-corrected chi connectivity index (χ0v) is 62.4. The van der Waals surface area contributed by atoms with Gasteiger partial charge in [0, 0.05) is 6.42 Å². The summed E-state index contributed by atoms with van der Waals surface area (Å²) in [4.78, 5) is 13.4. The van der Waals surface area contributed by atoms with E-state index in [1.54, 1.807) is 6.08 Å². The van der Waals surface area contributed by atoms with Crippen molar-refractivity contribution in [2.24, 2.45) is 0 Å². The van der Waals surface area contributed by atoms with Crippen molar-refractivity contribution in [1.82, 2.24) is 5.32 Å². The van der Waals surface area contributed by atoms with E-state index in [1.807, 2.05) is 6.08 Å². The number of nitrogens with one attached hydrogen (secondary N) is 1. The number of hydrogen-bond acceptors (Lipinski definition) is 13. The first kappa shape index (κ1) is 91.5. The smallest absolute Gasteiger partial charge is 0.220 e. The molecule has 0 bridgehead atoms. The van der Waals surface area contributed by atoms with Gasteiger partial charge >= 0.3 is 0 Å². The summed E-state index contributed by atoms with van der Waals surface area (Å²) < 4.78 is 22.9. The number of allylic oxidation sites excluding steroid dienone is 19. The van der Waals surface area contributed by atoms with E-state index in [0.717, 1.165) is 83.5 Å². The topological polar surface area (TPSA) is 228 Å². The van der Waals surface area contributed by atoms with Crippen LogP contribution in [-0.4, -0.2) is 140 Å². The molecule has 2 rings (SSSR count). The summed E-state index contributed by atoms with van der Waals surface area (Å²) in [7, 11) is 0. The van der Waals surface area contributed by atoms with Crippen LogP contribution in [0.2, 0.25) is 0 Å². The van der Waals surface area contributed by atoms with Gasteiger partial charge in [-0.3, -0.25) is 4.79 Å². The summed E-state index contributed by atoms with van der Waals surface area (Å²) in [6.45, 7) is 2.70. The fourth-order valence-electron chi connectivity index (χ4n) is 12.6.